The lowest BCUT2D eigenvalue weighted by molar-refractivity contribution is -0.384. The Morgan fingerprint density at radius 2 is 1.55 bits per heavy atom. The van der Waals surface area contributed by atoms with E-state index in [9.17, 15) is 14.9 Å². The van der Waals surface area contributed by atoms with Crippen LogP contribution in [0.5, 0.6) is 0 Å². The topological polar surface area (TPSA) is 87.5 Å². The number of nitrogens with one attached hydrogen (secondary N) is 2. The molecule has 1 saturated heterocycles. The summed E-state index contributed by atoms with van der Waals surface area (Å²) in [6.45, 7) is 1.26. The van der Waals surface area contributed by atoms with Gasteiger partial charge in [0.05, 0.1) is 4.92 Å². The molecule has 1 heterocycles. The van der Waals surface area contributed by atoms with Crippen molar-refractivity contribution in [2.24, 2.45) is 5.92 Å². The fraction of sp³-hybridized carbons (Fsp3) is 0.458. The number of anilines is 3. The number of benzene rings is 2. The van der Waals surface area contributed by atoms with Gasteiger partial charge in [0.15, 0.2) is 0 Å². The Kier molecular flexibility index (Phi) is 6.70. The normalized spacial score (nSPS) is 17.9. The molecular weight excluding hydrogens is 392 g/mol. The molecule has 2 fully saturated rings. The summed E-state index contributed by atoms with van der Waals surface area (Å²) in [6.07, 6.45) is 7.74. The molecule has 0 radical (unpaired) electrons. The van der Waals surface area contributed by atoms with Gasteiger partial charge < -0.3 is 15.5 Å². The molecule has 1 saturated carbocycles. The number of nitro groups is 1. The lowest BCUT2D eigenvalue weighted by atomic mass is 9.95. The zero-order valence-electron chi connectivity index (χ0n) is 17.8. The van der Waals surface area contributed by atoms with Gasteiger partial charge in [-0.25, -0.2) is 0 Å². The first-order valence-electron chi connectivity index (χ1n) is 11.3. The highest BCUT2D eigenvalue weighted by atomic mass is 16.6. The summed E-state index contributed by atoms with van der Waals surface area (Å²) >= 11 is 0. The van der Waals surface area contributed by atoms with E-state index in [4.69, 9.17) is 0 Å². The van der Waals surface area contributed by atoms with Crippen LogP contribution in [0.15, 0.2) is 48.5 Å². The van der Waals surface area contributed by atoms with Crippen molar-refractivity contribution in [1.82, 2.24) is 0 Å². The van der Waals surface area contributed by atoms with Gasteiger partial charge in [-0.05, 0) is 56.0 Å². The second-order valence-electron chi connectivity index (χ2n) is 8.55. The van der Waals surface area contributed by atoms with Gasteiger partial charge in [-0.3, -0.25) is 14.9 Å². The summed E-state index contributed by atoms with van der Waals surface area (Å²) in [6, 6.07) is 15.3. The minimum absolute atomic E-state index is 0.0233. The minimum atomic E-state index is -0.346. The lowest BCUT2D eigenvalue weighted by Crippen LogP contribution is -2.38. The summed E-state index contributed by atoms with van der Waals surface area (Å²) in [5.41, 5.74) is 2.66. The third kappa shape index (κ3) is 5.34. The van der Waals surface area contributed by atoms with Crippen LogP contribution in [-0.4, -0.2) is 30.0 Å². The van der Waals surface area contributed by atoms with E-state index in [2.05, 4.69) is 10.6 Å². The molecule has 4 rings (SSSR count). The predicted octanol–water partition coefficient (Wildman–Crippen LogP) is 5.19. The molecule has 1 aliphatic heterocycles. The molecule has 2 aliphatic rings. The minimum Gasteiger partial charge on any atom is -0.382 e. The molecule has 1 amide bonds. The number of nitrogens with zero attached hydrogens (tertiary/aromatic N) is 2. The van der Waals surface area contributed by atoms with Crippen LogP contribution in [0.1, 0.15) is 44.9 Å². The van der Waals surface area contributed by atoms with Crippen molar-refractivity contribution in [3.63, 3.8) is 0 Å². The molecule has 164 valence electrons. The molecule has 0 spiro atoms. The van der Waals surface area contributed by atoms with Crippen LogP contribution in [0.25, 0.3) is 0 Å². The summed E-state index contributed by atoms with van der Waals surface area (Å²) in [7, 11) is 0. The number of carbonyl (C=O) groups is 1. The number of piperidine rings is 1. The molecule has 0 bridgehead atoms. The first-order valence-corrected chi connectivity index (χ1v) is 11.3. The molecule has 31 heavy (non-hydrogen) atoms. The van der Waals surface area contributed by atoms with Crippen molar-refractivity contribution < 1.29 is 9.72 Å². The van der Waals surface area contributed by atoms with E-state index in [0.29, 0.717) is 37.7 Å². The zero-order valence-corrected chi connectivity index (χ0v) is 17.8. The summed E-state index contributed by atoms with van der Waals surface area (Å²) in [5.74, 6) is -0.0609. The molecule has 7 heteroatoms. The number of nitro benzene ring substituents is 1. The van der Waals surface area contributed by atoms with E-state index in [1.54, 1.807) is 12.1 Å². The van der Waals surface area contributed by atoms with E-state index in [-0.39, 0.29) is 22.4 Å². The molecule has 2 aromatic rings. The largest absolute Gasteiger partial charge is 0.382 e. The Morgan fingerprint density at radius 1 is 0.903 bits per heavy atom. The summed E-state index contributed by atoms with van der Waals surface area (Å²) in [4.78, 5) is 25.7. The third-order valence-corrected chi connectivity index (χ3v) is 6.41. The fourth-order valence-corrected chi connectivity index (χ4v) is 4.65. The van der Waals surface area contributed by atoms with E-state index in [0.717, 1.165) is 11.4 Å². The summed E-state index contributed by atoms with van der Waals surface area (Å²) in [5, 5.41) is 17.9. The first kappa shape index (κ1) is 21.2. The van der Waals surface area contributed by atoms with Crippen molar-refractivity contribution in [2.75, 3.05) is 28.6 Å². The van der Waals surface area contributed by atoms with Crippen LogP contribution < -0.4 is 15.5 Å². The van der Waals surface area contributed by atoms with E-state index in [1.807, 2.05) is 35.2 Å². The maximum Gasteiger partial charge on any atom is 0.292 e. The van der Waals surface area contributed by atoms with Gasteiger partial charge in [-0.15, -0.1) is 0 Å². The first-order chi connectivity index (χ1) is 15.1. The molecule has 7 nitrogen and oxygen atoms in total. The molecule has 2 aromatic carbocycles. The monoisotopic (exact) mass is 422 g/mol. The quantitative estimate of drug-likeness (QED) is 0.494. The Balaban J connectivity index is 1.29. The number of amides is 1. The highest BCUT2D eigenvalue weighted by Gasteiger charge is 2.28. The van der Waals surface area contributed by atoms with Crippen LogP contribution in [0, 0.1) is 16.0 Å². The van der Waals surface area contributed by atoms with Crippen LogP contribution >= 0.6 is 0 Å². The number of carbonyl (C=O) groups excluding carboxylic acids is 1. The molecule has 2 N–H and O–H groups in total. The van der Waals surface area contributed by atoms with Crippen molar-refractivity contribution in [3.05, 3.63) is 58.6 Å². The number of para-hydroxylation sites is 2. The fourth-order valence-electron chi connectivity index (χ4n) is 4.65. The van der Waals surface area contributed by atoms with E-state index >= 15 is 0 Å². The lowest BCUT2D eigenvalue weighted by Gasteiger charge is -2.32. The van der Waals surface area contributed by atoms with Crippen LogP contribution in [0.3, 0.4) is 0 Å². The smallest absolute Gasteiger partial charge is 0.292 e. The van der Waals surface area contributed by atoms with E-state index < -0.39 is 0 Å². The molecule has 0 aromatic heterocycles. The highest BCUT2D eigenvalue weighted by Crippen LogP contribution is 2.31. The second-order valence-corrected chi connectivity index (χ2v) is 8.55. The maximum atomic E-state index is 12.7. The highest BCUT2D eigenvalue weighted by molar-refractivity contribution is 5.93. The maximum absolute atomic E-state index is 12.7. The Bertz CT molecular complexity index is 901. The van der Waals surface area contributed by atoms with Crippen LogP contribution in [-0.2, 0) is 4.79 Å². The van der Waals surface area contributed by atoms with Crippen LogP contribution in [0.2, 0.25) is 0 Å². The van der Waals surface area contributed by atoms with Gasteiger partial charge in [0.25, 0.3) is 5.69 Å². The van der Waals surface area contributed by atoms with Gasteiger partial charge in [0.1, 0.15) is 5.69 Å². The second kappa shape index (κ2) is 9.81. The third-order valence-electron chi connectivity index (χ3n) is 6.41. The number of hydrogen-bond acceptors (Lipinski definition) is 5. The van der Waals surface area contributed by atoms with Crippen molar-refractivity contribution in [3.8, 4) is 0 Å². The van der Waals surface area contributed by atoms with Crippen molar-refractivity contribution in [1.29, 1.82) is 0 Å². The zero-order chi connectivity index (χ0) is 21.6. The molecule has 0 atom stereocenters. The summed E-state index contributed by atoms with van der Waals surface area (Å²) < 4.78 is 0. The standard InChI is InChI=1S/C24H30N4O3/c29-24(26-21-12-10-20(11-13-21)25-19-6-2-1-3-7-19)18-14-16-27(17-15-18)22-8-4-5-9-23(22)28(30)31/h4-5,8-13,18-19,25H,1-3,6-7,14-17H2,(H,26,29). The molecule has 0 unspecified atom stereocenters. The number of hydrogen-bond donors (Lipinski definition) is 2. The van der Waals surface area contributed by atoms with Crippen LogP contribution in [0.4, 0.5) is 22.7 Å². The molecule has 1 aliphatic carbocycles. The average Bonchev–Trinajstić information content (AvgIpc) is 2.81. The van der Waals surface area contributed by atoms with Crippen molar-refractivity contribution in [2.45, 2.75) is 51.0 Å². The van der Waals surface area contributed by atoms with E-state index in [1.165, 1.54) is 38.2 Å². The molecular formula is C24H30N4O3. The SMILES string of the molecule is O=C(Nc1ccc(NC2CCCCC2)cc1)C1CCN(c2ccccc2[N+](=O)[O-])CC1. The Hall–Kier alpha value is -3.09. The van der Waals surface area contributed by atoms with Gasteiger partial charge >= 0.3 is 0 Å². The Morgan fingerprint density at radius 3 is 2.23 bits per heavy atom. The average molecular weight is 423 g/mol. The number of rotatable bonds is 6. The van der Waals surface area contributed by atoms with Crippen molar-refractivity contribution >= 4 is 28.7 Å². The van der Waals surface area contributed by atoms with Gasteiger partial charge in [-0.2, -0.15) is 0 Å². The van der Waals surface area contributed by atoms with Gasteiger partial charge in [0, 0.05) is 42.5 Å². The van der Waals surface area contributed by atoms with Gasteiger partial charge in [0.2, 0.25) is 5.91 Å². The Labute approximate surface area is 183 Å². The predicted molar refractivity (Wildman–Crippen MR) is 124 cm³/mol. The van der Waals surface area contributed by atoms with Gasteiger partial charge in [-0.1, -0.05) is 31.4 Å².